The molecule has 0 aliphatic carbocycles. The molecule has 2 N–H and O–H groups in total. The molecule has 0 amide bonds. The molecule has 5 nitrogen and oxygen atoms in total. The smallest absolute Gasteiger partial charge is 0.178 e. The lowest BCUT2D eigenvalue weighted by Gasteiger charge is -2.10. The van der Waals surface area contributed by atoms with Crippen molar-refractivity contribution in [3.8, 4) is 5.75 Å². The Morgan fingerprint density at radius 3 is 2.56 bits per heavy atom. The number of methoxy groups -OCH3 is 1. The van der Waals surface area contributed by atoms with E-state index in [9.17, 15) is 12.8 Å². The van der Waals surface area contributed by atoms with Crippen LogP contribution in [-0.2, 0) is 16.4 Å². The van der Waals surface area contributed by atoms with Crippen LogP contribution in [-0.4, -0.2) is 27.0 Å². The Labute approximate surface area is 92.7 Å². The fourth-order valence-corrected chi connectivity index (χ4v) is 2.01. The Morgan fingerprint density at radius 1 is 1.50 bits per heavy atom. The monoisotopic (exact) mass is 249 g/mol. The van der Waals surface area contributed by atoms with Crippen molar-refractivity contribution in [2.45, 2.75) is 11.4 Å². The first-order valence-corrected chi connectivity index (χ1v) is 6.22. The van der Waals surface area contributed by atoms with E-state index in [4.69, 9.17) is 9.94 Å². The number of nitrogens with one attached hydrogen (secondary N) is 1. The summed E-state index contributed by atoms with van der Waals surface area (Å²) >= 11 is 0. The zero-order valence-electron chi connectivity index (χ0n) is 8.82. The molecule has 90 valence electrons. The Morgan fingerprint density at radius 2 is 2.12 bits per heavy atom. The first-order chi connectivity index (χ1) is 7.40. The lowest BCUT2D eigenvalue weighted by Crippen LogP contribution is -2.10. The van der Waals surface area contributed by atoms with Crippen LogP contribution in [0.5, 0.6) is 5.75 Å². The molecule has 0 bridgehead atoms. The Kier molecular flexibility index (Phi) is 3.84. The number of rotatable bonds is 4. The molecule has 0 aromatic heterocycles. The second-order valence-corrected chi connectivity index (χ2v) is 5.19. The minimum absolute atomic E-state index is 0.0376. The number of hydrogen-bond acceptors (Lipinski definition) is 5. The van der Waals surface area contributed by atoms with E-state index in [1.165, 1.54) is 7.11 Å². The van der Waals surface area contributed by atoms with E-state index in [-0.39, 0.29) is 12.3 Å². The molecule has 0 radical (unpaired) electrons. The Hall–Kier alpha value is -1.18. The molecule has 1 rings (SSSR count). The van der Waals surface area contributed by atoms with Gasteiger partial charge in [-0.3, -0.25) is 0 Å². The molecule has 0 fully saturated rings. The molecular formula is C9H12FNO4S. The van der Waals surface area contributed by atoms with Crippen molar-refractivity contribution in [3.05, 3.63) is 23.5 Å². The van der Waals surface area contributed by atoms with E-state index in [1.54, 1.807) is 0 Å². The normalized spacial score (nSPS) is 11.5. The third-order valence-corrected chi connectivity index (χ3v) is 3.12. The molecule has 16 heavy (non-hydrogen) atoms. The van der Waals surface area contributed by atoms with Gasteiger partial charge in [0, 0.05) is 24.4 Å². The lowest BCUT2D eigenvalue weighted by molar-refractivity contribution is 0.160. The Balaban J connectivity index is 3.37. The SMILES string of the molecule is COc1cc(S(C)(=O)=O)c(F)cc1CNO. The minimum Gasteiger partial charge on any atom is -0.496 e. The van der Waals surface area contributed by atoms with Crippen LogP contribution >= 0.6 is 0 Å². The number of ether oxygens (including phenoxy) is 1. The maximum atomic E-state index is 13.4. The number of sulfone groups is 1. The van der Waals surface area contributed by atoms with E-state index in [1.807, 2.05) is 5.48 Å². The third kappa shape index (κ3) is 2.69. The van der Waals surface area contributed by atoms with Crippen molar-refractivity contribution >= 4 is 9.84 Å². The standard InChI is InChI=1S/C9H12FNO4S/c1-15-8-4-9(16(2,13)14)7(10)3-6(8)5-11-12/h3-4,11-12H,5H2,1-2H3. The maximum Gasteiger partial charge on any atom is 0.178 e. The second-order valence-electron chi connectivity index (χ2n) is 3.20. The summed E-state index contributed by atoms with van der Waals surface area (Å²) in [5.41, 5.74) is 2.18. The molecule has 1 aromatic rings. The fourth-order valence-electron chi connectivity index (χ4n) is 1.27. The van der Waals surface area contributed by atoms with Crippen LogP contribution in [0.3, 0.4) is 0 Å². The lowest BCUT2D eigenvalue weighted by atomic mass is 10.2. The summed E-state index contributed by atoms with van der Waals surface area (Å²) in [6.07, 6.45) is 0.912. The van der Waals surface area contributed by atoms with Gasteiger partial charge in [0.1, 0.15) is 16.5 Å². The molecule has 0 spiro atoms. The van der Waals surface area contributed by atoms with Gasteiger partial charge in [-0.1, -0.05) is 0 Å². The predicted octanol–water partition coefficient (Wildman–Crippen LogP) is 0.717. The second kappa shape index (κ2) is 4.77. The fraction of sp³-hybridized carbons (Fsp3) is 0.333. The highest BCUT2D eigenvalue weighted by Crippen LogP contribution is 2.25. The van der Waals surface area contributed by atoms with Crippen LogP contribution in [0.1, 0.15) is 5.56 Å². The van der Waals surface area contributed by atoms with Crippen molar-refractivity contribution in [2.24, 2.45) is 0 Å². The zero-order chi connectivity index (χ0) is 12.3. The van der Waals surface area contributed by atoms with E-state index in [2.05, 4.69) is 0 Å². The van der Waals surface area contributed by atoms with Crippen LogP contribution < -0.4 is 10.2 Å². The van der Waals surface area contributed by atoms with E-state index in [0.717, 1.165) is 18.4 Å². The number of hydroxylamine groups is 1. The van der Waals surface area contributed by atoms with Gasteiger partial charge in [-0.15, -0.1) is 0 Å². The molecule has 0 aliphatic rings. The van der Waals surface area contributed by atoms with Crippen LogP contribution in [0, 0.1) is 5.82 Å². The first kappa shape index (κ1) is 12.9. The van der Waals surface area contributed by atoms with Gasteiger partial charge in [-0.05, 0) is 6.07 Å². The molecule has 0 heterocycles. The summed E-state index contributed by atoms with van der Waals surface area (Å²) < 4.78 is 40.8. The minimum atomic E-state index is -3.64. The average Bonchev–Trinajstić information content (AvgIpc) is 2.16. The summed E-state index contributed by atoms with van der Waals surface area (Å²) in [6, 6.07) is 2.11. The van der Waals surface area contributed by atoms with Gasteiger partial charge in [0.2, 0.25) is 0 Å². The number of hydrogen-bond donors (Lipinski definition) is 2. The molecule has 0 saturated carbocycles. The summed E-state index contributed by atoms with van der Waals surface area (Å²) in [5.74, 6) is -0.670. The first-order valence-electron chi connectivity index (χ1n) is 4.33. The maximum absolute atomic E-state index is 13.4. The van der Waals surface area contributed by atoms with Crippen LogP contribution in [0.25, 0.3) is 0 Å². The Bertz CT molecular complexity index is 487. The van der Waals surface area contributed by atoms with Crippen LogP contribution in [0.15, 0.2) is 17.0 Å². The van der Waals surface area contributed by atoms with Gasteiger partial charge in [0.05, 0.1) is 7.11 Å². The van der Waals surface area contributed by atoms with Gasteiger partial charge in [0.15, 0.2) is 9.84 Å². The summed E-state index contributed by atoms with van der Waals surface area (Å²) in [5, 5.41) is 8.51. The summed E-state index contributed by atoms with van der Waals surface area (Å²) in [6.45, 7) is -0.0376. The van der Waals surface area contributed by atoms with E-state index < -0.39 is 20.5 Å². The quantitative estimate of drug-likeness (QED) is 0.769. The highest BCUT2D eigenvalue weighted by Gasteiger charge is 2.17. The van der Waals surface area contributed by atoms with E-state index in [0.29, 0.717) is 5.56 Å². The number of halogens is 1. The molecule has 7 heteroatoms. The molecule has 0 atom stereocenters. The summed E-state index contributed by atoms with van der Waals surface area (Å²) in [4.78, 5) is -0.425. The average molecular weight is 249 g/mol. The molecule has 0 unspecified atom stereocenters. The van der Waals surface area contributed by atoms with Gasteiger partial charge in [-0.2, -0.15) is 0 Å². The molecule has 1 aromatic carbocycles. The van der Waals surface area contributed by atoms with Crippen molar-refractivity contribution in [2.75, 3.05) is 13.4 Å². The topological polar surface area (TPSA) is 75.6 Å². The largest absolute Gasteiger partial charge is 0.496 e. The van der Waals surface area contributed by atoms with Crippen molar-refractivity contribution in [1.29, 1.82) is 0 Å². The van der Waals surface area contributed by atoms with Crippen molar-refractivity contribution in [1.82, 2.24) is 5.48 Å². The predicted molar refractivity (Wildman–Crippen MR) is 54.7 cm³/mol. The van der Waals surface area contributed by atoms with Gasteiger partial charge < -0.3 is 9.94 Å². The van der Waals surface area contributed by atoms with E-state index >= 15 is 0 Å². The number of benzene rings is 1. The molecular weight excluding hydrogens is 237 g/mol. The van der Waals surface area contributed by atoms with Crippen LogP contribution in [0.2, 0.25) is 0 Å². The van der Waals surface area contributed by atoms with Crippen molar-refractivity contribution < 1.29 is 22.8 Å². The van der Waals surface area contributed by atoms with Crippen molar-refractivity contribution in [3.63, 3.8) is 0 Å². The molecule has 0 saturated heterocycles. The zero-order valence-corrected chi connectivity index (χ0v) is 9.64. The van der Waals surface area contributed by atoms with Gasteiger partial charge >= 0.3 is 0 Å². The molecule has 0 aliphatic heterocycles. The van der Waals surface area contributed by atoms with Crippen LogP contribution in [0.4, 0.5) is 4.39 Å². The summed E-state index contributed by atoms with van der Waals surface area (Å²) in [7, 11) is -2.30. The van der Waals surface area contributed by atoms with Gasteiger partial charge in [-0.25, -0.2) is 18.3 Å². The highest BCUT2D eigenvalue weighted by atomic mass is 32.2. The third-order valence-electron chi connectivity index (χ3n) is 2.00. The highest BCUT2D eigenvalue weighted by molar-refractivity contribution is 7.90. The van der Waals surface area contributed by atoms with Gasteiger partial charge in [0.25, 0.3) is 0 Å².